The Bertz CT molecular complexity index is 1060. The van der Waals surface area contributed by atoms with E-state index in [1.54, 1.807) is 7.11 Å². The number of methoxy groups -OCH3 is 1. The maximum absolute atomic E-state index is 10.7. The van der Waals surface area contributed by atoms with E-state index in [2.05, 4.69) is 58.4 Å². The van der Waals surface area contributed by atoms with Crippen molar-refractivity contribution < 1.29 is 15.2 Å². The van der Waals surface area contributed by atoms with Gasteiger partial charge in [-0.3, -0.25) is 0 Å². The second-order valence-corrected chi connectivity index (χ2v) is 7.30. The average Bonchev–Trinajstić information content (AvgIpc) is 3.13. The highest BCUT2D eigenvalue weighted by Gasteiger charge is 2.15. The molecule has 0 amide bonds. The van der Waals surface area contributed by atoms with E-state index in [9.17, 15) is 5.11 Å². The highest BCUT2D eigenvalue weighted by atomic mass is 16.5. The van der Waals surface area contributed by atoms with Gasteiger partial charge in [0.05, 0.1) is 13.7 Å². The quantitative estimate of drug-likeness (QED) is 0.487. The van der Waals surface area contributed by atoms with Gasteiger partial charge in [-0.2, -0.15) is 0 Å². The Morgan fingerprint density at radius 3 is 2.41 bits per heavy atom. The van der Waals surface area contributed by atoms with E-state index in [1.165, 1.54) is 10.9 Å². The van der Waals surface area contributed by atoms with Gasteiger partial charge >= 0.3 is 0 Å². The van der Waals surface area contributed by atoms with Gasteiger partial charge in [-0.05, 0) is 42.0 Å². The van der Waals surface area contributed by atoms with Crippen LogP contribution in [0.15, 0.2) is 84.9 Å². The van der Waals surface area contributed by atoms with Gasteiger partial charge in [0.15, 0.2) is 0 Å². The first-order chi connectivity index (χ1) is 14.2. The number of benzene rings is 3. The molecule has 1 heterocycles. The van der Waals surface area contributed by atoms with E-state index >= 15 is 0 Å². The van der Waals surface area contributed by atoms with Crippen LogP contribution in [-0.4, -0.2) is 29.4 Å². The van der Waals surface area contributed by atoms with Gasteiger partial charge in [0.25, 0.3) is 0 Å². The Morgan fingerprint density at radius 1 is 0.931 bits per heavy atom. The Kier molecular flexibility index (Phi) is 5.94. The fourth-order valence-electron chi connectivity index (χ4n) is 3.75. The molecule has 0 aliphatic rings. The molecule has 4 aromatic rings. The molecule has 1 atom stereocenters. The summed E-state index contributed by atoms with van der Waals surface area (Å²) in [5.74, 6) is 0.840. The molecule has 0 bridgehead atoms. The van der Waals surface area contributed by atoms with Crippen molar-refractivity contribution in [3.63, 3.8) is 0 Å². The Hall–Kier alpha value is -3.08. The van der Waals surface area contributed by atoms with Gasteiger partial charge in [0.2, 0.25) is 0 Å². The van der Waals surface area contributed by atoms with Crippen LogP contribution < -0.4 is 10.1 Å². The van der Waals surface area contributed by atoms with Crippen LogP contribution in [0, 0.1) is 0 Å². The highest BCUT2D eigenvalue weighted by molar-refractivity contribution is 5.87. The molecule has 1 aromatic heterocycles. The summed E-state index contributed by atoms with van der Waals surface area (Å²) in [5.41, 5.74) is 4.63. The molecular weight excluding hydrogens is 360 g/mol. The summed E-state index contributed by atoms with van der Waals surface area (Å²) in [4.78, 5) is 0. The minimum Gasteiger partial charge on any atom is -0.497 e. The van der Waals surface area contributed by atoms with Gasteiger partial charge in [0.1, 0.15) is 24.9 Å². The summed E-state index contributed by atoms with van der Waals surface area (Å²) in [6, 6.07) is 29.0. The van der Waals surface area contributed by atoms with Crippen molar-refractivity contribution in [1.29, 1.82) is 0 Å². The summed E-state index contributed by atoms with van der Waals surface area (Å²) in [7, 11) is 1.67. The molecule has 0 fully saturated rings. The number of nitrogens with two attached hydrogens (primary N) is 1. The Morgan fingerprint density at radius 2 is 1.66 bits per heavy atom. The number of aliphatic hydroxyl groups is 1. The zero-order chi connectivity index (χ0) is 20.1. The molecule has 0 spiro atoms. The standard InChI is InChI=1S/C25H26N2O2/c1-29-23-13-11-20(12-14-23)25-15-21-9-5-6-10-24(21)27(25)18-22(28)17-26-16-19-7-3-2-4-8-19/h2-15,22,26,28H,16-18H2,1H3/p+1/t22-/m0/s1. The topological polar surface area (TPSA) is 51.0 Å². The average molecular weight is 388 g/mol. The third-order valence-electron chi connectivity index (χ3n) is 5.25. The van der Waals surface area contributed by atoms with E-state index in [4.69, 9.17) is 4.74 Å². The van der Waals surface area contributed by atoms with E-state index in [-0.39, 0.29) is 0 Å². The second kappa shape index (κ2) is 8.95. The maximum atomic E-state index is 10.7. The number of rotatable bonds is 8. The van der Waals surface area contributed by atoms with Gasteiger partial charge in [-0.15, -0.1) is 0 Å². The lowest BCUT2D eigenvalue weighted by atomic mass is 10.1. The monoisotopic (exact) mass is 387 g/mol. The predicted molar refractivity (Wildman–Crippen MR) is 117 cm³/mol. The summed E-state index contributed by atoms with van der Waals surface area (Å²) >= 11 is 0. The fraction of sp³-hybridized carbons (Fsp3) is 0.200. The molecule has 148 valence electrons. The molecule has 0 aliphatic heterocycles. The van der Waals surface area contributed by atoms with Gasteiger partial charge in [-0.25, -0.2) is 0 Å². The second-order valence-electron chi connectivity index (χ2n) is 7.30. The van der Waals surface area contributed by atoms with Crippen LogP contribution in [0.4, 0.5) is 0 Å². The Balaban J connectivity index is 1.53. The van der Waals surface area contributed by atoms with E-state index in [0.29, 0.717) is 13.1 Å². The zero-order valence-electron chi connectivity index (χ0n) is 16.7. The third kappa shape index (κ3) is 4.50. The molecule has 3 aromatic carbocycles. The lowest BCUT2D eigenvalue weighted by Crippen LogP contribution is -2.85. The van der Waals surface area contributed by atoms with Crippen LogP contribution in [-0.2, 0) is 13.1 Å². The van der Waals surface area contributed by atoms with Crippen LogP contribution >= 0.6 is 0 Å². The normalized spacial score (nSPS) is 12.2. The first-order valence-electron chi connectivity index (χ1n) is 10.0. The van der Waals surface area contributed by atoms with Crippen LogP contribution in [0.25, 0.3) is 22.2 Å². The molecule has 0 saturated carbocycles. The number of ether oxygens (including phenoxy) is 1. The van der Waals surface area contributed by atoms with Crippen molar-refractivity contribution in [2.24, 2.45) is 0 Å². The summed E-state index contributed by atoms with van der Waals surface area (Å²) in [6.07, 6.45) is -0.438. The van der Waals surface area contributed by atoms with E-state index in [1.807, 2.05) is 36.4 Å². The molecule has 0 radical (unpaired) electrons. The number of hydrogen-bond acceptors (Lipinski definition) is 2. The van der Waals surface area contributed by atoms with Crippen LogP contribution in [0.2, 0.25) is 0 Å². The number of nitrogens with zero attached hydrogens (tertiary/aromatic N) is 1. The molecule has 0 saturated heterocycles. The van der Waals surface area contributed by atoms with Crippen molar-refractivity contribution in [2.75, 3.05) is 13.7 Å². The lowest BCUT2D eigenvalue weighted by Gasteiger charge is -2.15. The number of para-hydroxylation sites is 1. The van der Waals surface area contributed by atoms with Crippen molar-refractivity contribution in [1.82, 2.24) is 4.57 Å². The maximum Gasteiger partial charge on any atom is 0.121 e. The molecule has 4 nitrogen and oxygen atoms in total. The number of quaternary nitrogens is 1. The van der Waals surface area contributed by atoms with Crippen LogP contribution in [0.1, 0.15) is 5.56 Å². The first kappa shape index (κ1) is 19.2. The van der Waals surface area contributed by atoms with Crippen molar-refractivity contribution >= 4 is 10.9 Å². The fourth-order valence-corrected chi connectivity index (χ4v) is 3.75. The van der Waals surface area contributed by atoms with Crippen LogP contribution in [0.5, 0.6) is 5.75 Å². The third-order valence-corrected chi connectivity index (χ3v) is 5.25. The molecule has 0 aliphatic carbocycles. The first-order valence-corrected chi connectivity index (χ1v) is 10.0. The molecule has 4 rings (SSSR count). The summed E-state index contributed by atoms with van der Waals surface area (Å²) < 4.78 is 7.51. The van der Waals surface area contributed by atoms with Crippen LogP contribution in [0.3, 0.4) is 0 Å². The SMILES string of the molecule is COc1ccc(-c2cc3ccccc3n2C[C@@H](O)C[NH2+]Cc2ccccc2)cc1. The van der Waals surface area contributed by atoms with Gasteiger partial charge in [0, 0.05) is 22.2 Å². The predicted octanol–water partition coefficient (Wildman–Crippen LogP) is 3.44. The minimum absolute atomic E-state index is 0.438. The Labute approximate surface area is 171 Å². The molecule has 3 N–H and O–H groups in total. The van der Waals surface area contributed by atoms with E-state index < -0.39 is 6.10 Å². The van der Waals surface area contributed by atoms with Crippen molar-refractivity contribution in [2.45, 2.75) is 19.2 Å². The van der Waals surface area contributed by atoms with Gasteiger partial charge < -0.3 is 19.7 Å². The number of aromatic nitrogens is 1. The largest absolute Gasteiger partial charge is 0.497 e. The van der Waals surface area contributed by atoms with Crippen molar-refractivity contribution in [3.05, 3.63) is 90.5 Å². The van der Waals surface area contributed by atoms with Crippen molar-refractivity contribution in [3.8, 4) is 17.0 Å². The lowest BCUT2D eigenvalue weighted by molar-refractivity contribution is -0.676. The molecule has 4 heteroatoms. The minimum atomic E-state index is -0.438. The van der Waals surface area contributed by atoms with E-state index in [0.717, 1.165) is 29.1 Å². The zero-order valence-corrected chi connectivity index (χ0v) is 16.7. The van der Waals surface area contributed by atoms with Gasteiger partial charge in [-0.1, -0.05) is 48.5 Å². The molecule has 0 unspecified atom stereocenters. The summed E-state index contributed by atoms with van der Waals surface area (Å²) in [6.45, 7) is 2.08. The smallest absolute Gasteiger partial charge is 0.121 e. The summed E-state index contributed by atoms with van der Waals surface area (Å²) in [5, 5.41) is 14.1. The molecule has 29 heavy (non-hydrogen) atoms. The number of aliphatic hydroxyl groups excluding tert-OH is 1. The number of fused-ring (bicyclic) bond motifs is 1. The molecular formula is C25H27N2O2+. The highest BCUT2D eigenvalue weighted by Crippen LogP contribution is 2.29. The number of hydrogen-bond donors (Lipinski definition) is 2.